The van der Waals surface area contributed by atoms with Crippen LogP contribution in [0, 0.1) is 0 Å². The van der Waals surface area contributed by atoms with E-state index in [2.05, 4.69) is 7.05 Å². The van der Waals surface area contributed by atoms with E-state index in [1.807, 2.05) is 0 Å². The Balaban J connectivity index is 2.50. The first kappa shape index (κ1) is 11.4. The van der Waals surface area contributed by atoms with Gasteiger partial charge in [-0.3, -0.25) is 4.79 Å². The molecule has 0 atom stereocenters. The number of halogens is 3. The van der Waals surface area contributed by atoms with E-state index < -0.39 is 9.70 Å². The van der Waals surface area contributed by atoms with E-state index in [9.17, 15) is 4.79 Å². The Morgan fingerprint density at radius 3 is 2.15 bits per heavy atom. The summed E-state index contributed by atoms with van der Waals surface area (Å²) in [6.07, 6.45) is 0. The summed E-state index contributed by atoms with van der Waals surface area (Å²) in [5.41, 5.74) is 0. The number of nitrogens with one attached hydrogen (secondary N) is 1. The van der Waals surface area contributed by atoms with Crippen LogP contribution < -0.4 is 4.90 Å². The monoisotopic (exact) mass is 245 g/mol. The molecule has 0 aromatic rings. The molecule has 6 heteroatoms. The van der Waals surface area contributed by atoms with Gasteiger partial charge in [0.1, 0.15) is 0 Å². The molecule has 1 amide bonds. The van der Waals surface area contributed by atoms with Crippen LogP contribution in [0.15, 0.2) is 0 Å². The summed E-state index contributed by atoms with van der Waals surface area (Å²) in [5.74, 6) is -0.412. The first-order chi connectivity index (χ1) is 5.91. The van der Waals surface area contributed by atoms with Crippen molar-refractivity contribution < 1.29 is 9.69 Å². The van der Waals surface area contributed by atoms with Crippen LogP contribution in [-0.4, -0.2) is 47.8 Å². The minimum atomic E-state index is -1.80. The summed E-state index contributed by atoms with van der Waals surface area (Å²) >= 11 is 16.5. The fourth-order valence-electron chi connectivity index (χ4n) is 1.27. The van der Waals surface area contributed by atoms with E-state index in [4.69, 9.17) is 34.8 Å². The third-order valence-corrected chi connectivity index (χ3v) is 2.63. The molecule has 3 nitrogen and oxygen atoms in total. The number of carbonyl (C=O) groups excluding carboxylic acids is 1. The SMILES string of the molecule is C[NH+]1CCN(C(=O)C(Cl)(Cl)Cl)CC1. The minimum absolute atomic E-state index is 0.412. The summed E-state index contributed by atoms with van der Waals surface area (Å²) in [6.45, 7) is 3.15. The highest BCUT2D eigenvalue weighted by Crippen LogP contribution is 2.28. The largest absolute Gasteiger partial charge is 0.334 e. The number of hydrogen-bond donors (Lipinski definition) is 1. The fourth-order valence-corrected chi connectivity index (χ4v) is 1.63. The second-order valence-electron chi connectivity index (χ2n) is 3.25. The van der Waals surface area contributed by atoms with Crippen LogP contribution in [0.25, 0.3) is 0 Å². The van der Waals surface area contributed by atoms with E-state index in [0.717, 1.165) is 13.1 Å². The summed E-state index contributed by atoms with van der Waals surface area (Å²) < 4.78 is -1.80. The maximum atomic E-state index is 11.4. The molecule has 0 aliphatic carbocycles. The standard InChI is InChI=1S/C7H11Cl3N2O/c1-11-2-4-12(5-3-11)6(13)7(8,9)10/h2-5H2,1H3/p+1. The summed E-state index contributed by atoms with van der Waals surface area (Å²) in [6, 6.07) is 0. The van der Waals surface area contributed by atoms with Crippen LogP contribution in [0.2, 0.25) is 0 Å². The van der Waals surface area contributed by atoms with Crippen LogP contribution in [0.1, 0.15) is 0 Å². The number of alkyl halides is 3. The molecule has 0 spiro atoms. The average molecular weight is 247 g/mol. The Morgan fingerprint density at radius 1 is 1.31 bits per heavy atom. The van der Waals surface area contributed by atoms with Crippen molar-refractivity contribution in [3.63, 3.8) is 0 Å². The zero-order valence-corrected chi connectivity index (χ0v) is 9.59. The molecule has 1 heterocycles. The number of hydrogen-bond acceptors (Lipinski definition) is 1. The van der Waals surface area contributed by atoms with Gasteiger partial charge in [0.05, 0.1) is 33.2 Å². The molecule has 1 rings (SSSR count). The molecular formula is C7H12Cl3N2O+. The average Bonchev–Trinajstić information content (AvgIpc) is 2.03. The lowest BCUT2D eigenvalue weighted by Crippen LogP contribution is -3.12. The van der Waals surface area contributed by atoms with E-state index in [1.165, 1.54) is 4.90 Å². The van der Waals surface area contributed by atoms with Crippen molar-refractivity contribution in [2.24, 2.45) is 0 Å². The molecular weight excluding hydrogens is 234 g/mol. The van der Waals surface area contributed by atoms with Crippen molar-refractivity contribution in [3.8, 4) is 0 Å². The smallest absolute Gasteiger partial charge is 0.275 e. The highest BCUT2D eigenvalue weighted by atomic mass is 35.6. The minimum Gasteiger partial charge on any atom is -0.334 e. The molecule has 0 aromatic heterocycles. The Kier molecular flexibility index (Phi) is 3.69. The zero-order valence-electron chi connectivity index (χ0n) is 7.32. The van der Waals surface area contributed by atoms with Gasteiger partial charge in [0.2, 0.25) is 0 Å². The van der Waals surface area contributed by atoms with Gasteiger partial charge in [-0.2, -0.15) is 0 Å². The molecule has 76 valence electrons. The van der Waals surface area contributed by atoms with Crippen molar-refractivity contribution in [3.05, 3.63) is 0 Å². The van der Waals surface area contributed by atoms with Gasteiger partial charge in [-0.1, -0.05) is 34.8 Å². The van der Waals surface area contributed by atoms with Crippen LogP contribution in [0.3, 0.4) is 0 Å². The summed E-state index contributed by atoms with van der Waals surface area (Å²) in [7, 11) is 2.08. The van der Waals surface area contributed by atoms with Gasteiger partial charge >= 0.3 is 0 Å². The number of quaternary nitrogens is 1. The van der Waals surface area contributed by atoms with Gasteiger partial charge in [-0.15, -0.1) is 0 Å². The van der Waals surface area contributed by atoms with E-state index in [1.54, 1.807) is 4.90 Å². The Hall–Kier alpha value is 0.300. The highest BCUT2D eigenvalue weighted by molar-refractivity contribution is 6.76. The van der Waals surface area contributed by atoms with E-state index >= 15 is 0 Å². The third kappa shape index (κ3) is 3.17. The Labute approximate surface area is 92.5 Å². The molecule has 0 saturated carbocycles. The number of likely N-dealkylation sites (N-methyl/N-ethyl adjacent to an activating group) is 1. The first-order valence-electron chi connectivity index (χ1n) is 4.08. The van der Waals surface area contributed by atoms with Crippen molar-refractivity contribution in [2.75, 3.05) is 33.2 Å². The highest BCUT2D eigenvalue weighted by Gasteiger charge is 2.36. The summed E-state index contributed by atoms with van der Waals surface area (Å²) in [5, 5.41) is 0. The second-order valence-corrected chi connectivity index (χ2v) is 5.53. The molecule has 0 radical (unpaired) electrons. The van der Waals surface area contributed by atoms with Gasteiger partial charge in [0.25, 0.3) is 9.70 Å². The van der Waals surface area contributed by atoms with Crippen molar-refractivity contribution in [1.82, 2.24) is 4.90 Å². The Bertz CT molecular complexity index is 196. The molecule has 1 N–H and O–H groups in total. The van der Waals surface area contributed by atoms with Gasteiger partial charge in [0.15, 0.2) is 0 Å². The fraction of sp³-hybridized carbons (Fsp3) is 0.857. The van der Waals surface area contributed by atoms with Crippen molar-refractivity contribution in [1.29, 1.82) is 0 Å². The van der Waals surface area contributed by atoms with Crippen LogP contribution >= 0.6 is 34.8 Å². The van der Waals surface area contributed by atoms with Crippen molar-refractivity contribution in [2.45, 2.75) is 3.79 Å². The lowest BCUT2D eigenvalue weighted by molar-refractivity contribution is -0.883. The van der Waals surface area contributed by atoms with Gasteiger partial charge in [-0.25, -0.2) is 0 Å². The maximum Gasteiger partial charge on any atom is 0.275 e. The lowest BCUT2D eigenvalue weighted by atomic mass is 10.3. The van der Waals surface area contributed by atoms with Gasteiger partial charge in [0, 0.05) is 0 Å². The molecule has 0 aromatic carbocycles. The van der Waals surface area contributed by atoms with Crippen LogP contribution in [0.5, 0.6) is 0 Å². The zero-order chi connectivity index (χ0) is 10.1. The number of carbonyl (C=O) groups is 1. The number of rotatable bonds is 0. The van der Waals surface area contributed by atoms with E-state index in [0.29, 0.717) is 13.1 Å². The van der Waals surface area contributed by atoms with Gasteiger partial charge < -0.3 is 9.80 Å². The van der Waals surface area contributed by atoms with Crippen molar-refractivity contribution >= 4 is 40.7 Å². The van der Waals surface area contributed by atoms with E-state index in [-0.39, 0.29) is 0 Å². The second kappa shape index (κ2) is 4.22. The van der Waals surface area contributed by atoms with Gasteiger partial charge in [-0.05, 0) is 0 Å². The number of nitrogens with zero attached hydrogens (tertiary/aromatic N) is 1. The lowest BCUT2D eigenvalue weighted by Gasteiger charge is -2.31. The molecule has 13 heavy (non-hydrogen) atoms. The predicted octanol–water partition coefficient (Wildman–Crippen LogP) is -0.286. The molecule has 1 saturated heterocycles. The topological polar surface area (TPSA) is 24.8 Å². The molecule has 1 aliphatic heterocycles. The summed E-state index contributed by atoms with van der Waals surface area (Å²) in [4.78, 5) is 14.4. The predicted molar refractivity (Wildman–Crippen MR) is 53.5 cm³/mol. The third-order valence-electron chi connectivity index (χ3n) is 2.15. The normalized spacial score (nSPS) is 20.5. The van der Waals surface area contributed by atoms with Crippen LogP contribution in [-0.2, 0) is 4.79 Å². The Morgan fingerprint density at radius 2 is 1.77 bits per heavy atom. The molecule has 0 bridgehead atoms. The quantitative estimate of drug-likeness (QED) is 0.584. The molecule has 1 fully saturated rings. The number of piperazine rings is 1. The maximum absolute atomic E-state index is 11.4. The molecule has 0 unspecified atom stereocenters. The number of amides is 1. The van der Waals surface area contributed by atoms with Crippen LogP contribution in [0.4, 0.5) is 0 Å². The first-order valence-corrected chi connectivity index (χ1v) is 5.22. The molecule has 1 aliphatic rings.